The predicted octanol–water partition coefficient (Wildman–Crippen LogP) is 5.16. The molecule has 0 spiro atoms. The highest BCUT2D eigenvalue weighted by Crippen LogP contribution is 2.37. The number of fused-ring (bicyclic) bond motifs is 1. The van der Waals surface area contributed by atoms with Crippen LogP contribution >= 0.6 is 0 Å². The fraction of sp³-hybridized carbons (Fsp3) is 0.947. The highest BCUT2D eigenvalue weighted by Gasteiger charge is 2.58. The van der Waals surface area contributed by atoms with Gasteiger partial charge in [0.1, 0.15) is 12.2 Å². The van der Waals surface area contributed by atoms with Crippen LogP contribution in [0.1, 0.15) is 96.8 Å². The maximum absolute atomic E-state index is 11.2. The monoisotopic (exact) mass is 310 g/mol. The molecule has 0 aliphatic carbocycles. The van der Waals surface area contributed by atoms with E-state index in [1.807, 2.05) is 0 Å². The quantitative estimate of drug-likeness (QED) is 0.253. The molecule has 0 aromatic carbocycles. The van der Waals surface area contributed by atoms with E-state index in [1.165, 1.54) is 83.5 Å². The van der Waals surface area contributed by atoms with Crippen LogP contribution in [0.3, 0.4) is 0 Å². The minimum absolute atomic E-state index is 0.0604. The first-order valence-electron chi connectivity index (χ1n) is 9.69. The Morgan fingerprint density at radius 1 is 0.773 bits per heavy atom. The van der Waals surface area contributed by atoms with Crippen molar-refractivity contribution in [3.8, 4) is 0 Å². The van der Waals surface area contributed by atoms with Gasteiger partial charge in [0.2, 0.25) is 0 Å². The number of rotatable bonds is 14. The van der Waals surface area contributed by atoms with Gasteiger partial charge in [0.05, 0.1) is 0 Å². The van der Waals surface area contributed by atoms with Crippen LogP contribution in [0.2, 0.25) is 0 Å². The lowest BCUT2D eigenvalue weighted by Gasteiger charge is -2.10. The van der Waals surface area contributed by atoms with Crippen LogP contribution in [0.25, 0.3) is 0 Å². The first kappa shape index (κ1) is 17.8. The van der Waals surface area contributed by atoms with E-state index in [9.17, 15) is 4.79 Å². The molecule has 1 unspecified atom stereocenters. The van der Waals surface area contributed by atoms with Crippen molar-refractivity contribution >= 4 is 5.97 Å². The van der Waals surface area contributed by atoms with Gasteiger partial charge < -0.3 is 9.47 Å². The highest BCUT2D eigenvalue weighted by molar-refractivity contribution is 5.81. The van der Waals surface area contributed by atoms with E-state index in [0.29, 0.717) is 0 Å². The Morgan fingerprint density at radius 3 is 1.68 bits per heavy atom. The number of carbonyl (C=O) groups is 1. The summed E-state index contributed by atoms with van der Waals surface area (Å²) in [6.45, 7) is 2.27. The summed E-state index contributed by atoms with van der Waals surface area (Å²) < 4.78 is 10.5. The second kappa shape index (κ2) is 10.3. The van der Waals surface area contributed by atoms with Gasteiger partial charge in [0.15, 0.2) is 6.10 Å². The Labute approximate surface area is 136 Å². The third-order valence-electron chi connectivity index (χ3n) is 4.98. The largest absolute Gasteiger partial charge is 0.457 e. The van der Waals surface area contributed by atoms with Gasteiger partial charge >= 0.3 is 5.97 Å². The lowest BCUT2D eigenvalue weighted by Crippen LogP contribution is -2.15. The van der Waals surface area contributed by atoms with Crippen LogP contribution in [0, 0.1) is 0 Å². The fourth-order valence-corrected chi connectivity index (χ4v) is 3.47. The summed E-state index contributed by atoms with van der Waals surface area (Å²) in [5.41, 5.74) is 0. The molecule has 0 bridgehead atoms. The molecule has 2 heterocycles. The minimum atomic E-state index is -0.202. The van der Waals surface area contributed by atoms with Crippen molar-refractivity contribution in [3.05, 3.63) is 0 Å². The molecule has 0 amide bonds. The number of unbranched alkanes of at least 4 members (excludes halogenated alkanes) is 12. The smallest absolute Gasteiger partial charge is 0.338 e. The lowest BCUT2D eigenvalue weighted by atomic mass is 10.0. The molecular weight excluding hydrogens is 276 g/mol. The molecule has 2 aliphatic heterocycles. The zero-order valence-corrected chi connectivity index (χ0v) is 14.4. The number of esters is 1. The van der Waals surface area contributed by atoms with E-state index >= 15 is 0 Å². The summed E-state index contributed by atoms with van der Waals surface area (Å²) in [5.74, 6) is -0.135. The average molecular weight is 310 g/mol. The van der Waals surface area contributed by atoms with Crippen LogP contribution in [-0.4, -0.2) is 24.3 Å². The van der Waals surface area contributed by atoms with Gasteiger partial charge in [-0.1, -0.05) is 84.0 Å². The topological polar surface area (TPSA) is 38.8 Å². The molecule has 0 N–H and O–H groups in total. The second-order valence-corrected chi connectivity index (χ2v) is 7.03. The zero-order chi connectivity index (χ0) is 15.6. The van der Waals surface area contributed by atoms with E-state index in [4.69, 9.17) is 9.47 Å². The van der Waals surface area contributed by atoms with Gasteiger partial charge in [-0.3, -0.25) is 0 Å². The number of ether oxygens (including phenoxy) is 2. The molecule has 0 aromatic heterocycles. The van der Waals surface area contributed by atoms with Crippen molar-refractivity contribution in [2.75, 3.05) is 0 Å². The number of hydrogen-bond acceptors (Lipinski definition) is 3. The van der Waals surface area contributed by atoms with Gasteiger partial charge in [-0.2, -0.15) is 0 Å². The predicted molar refractivity (Wildman–Crippen MR) is 88.9 cm³/mol. The molecular formula is C19H34O3. The molecule has 0 saturated carbocycles. The number of cyclic esters (lactones) is 1. The van der Waals surface area contributed by atoms with E-state index in [2.05, 4.69) is 6.92 Å². The van der Waals surface area contributed by atoms with Crippen molar-refractivity contribution in [2.45, 2.75) is 115 Å². The van der Waals surface area contributed by atoms with E-state index in [1.54, 1.807) is 0 Å². The second-order valence-electron chi connectivity index (χ2n) is 7.03. The summed E-state index contributed by atoms with van der Waals surface area (Å²) in [4.78, 5) is 11.2. The molecule has 3 nitrogen and oxygen atoms in total. The third-order valence-corrected chi connectivity index (χ3v) is 4.98. The molecule has 2 saturated heterocycles. The van der Waals surface area contributed by atoms with Crippen molar-refractivity contribution in [1.29, 1.82) is 0 Å². The summed E-state index contributed by atoms with van der Waals surface area (Å²) >= 11 is 0. The Morgan fingerprint density at radius 2 is 1.27 bits per heavy atom. The van der Waals surface area contributed by atoms with Crippen LogP contribution < -0.4 is 0 Å². The molecule has 0 aromatic rings. The van der Waals surface area contributed by atoms with Crippen LogP contribution in [0.4, 0.5) is 0 Å². The molecule has 3 atom stereocenters. The average Bonchev–Trinajstić information content (AvgIpc) is 3.25. The normalized spacial score (nSPS) is 26.0. The Balaban J connectivity index is 1.27. The molecule has 22 heavy (non-hydrogen) atoms. The van der Waals surface area contributed by atoms with Crippen LogP contribution in [0.5, 0.6) is 0 Å². The molecule has 128 valence electrons. The van der Waals surface area contributed by atoms with Gasteiger partial charge in [-0.15, -0.1) is 0 Å². The first-order valence-corrected chi connectivity index (χ1v) is 9.69. The minimum Gasteiger partial charge on any atom is -0.457 e. The van der Waals surface area contributed by atoms with Crippen molar-refractivity contribution < 1.29 is 14.3 Å². The van der Waals surface area contributed by atoms with E-state index < -0.39 is 0 Å². The maximum Gasteiger partial charge on any atom is 0.338 e. The fourth-order valence-electron chi connectivity index (χ4n) is 3.47. The molecule has 2 aliphatic rings. The van der Waals surface area contributed by atoms with E-state index in [0.717, 1.165) is 6.42 Å². The van der Waals surface area contributed by atoms with Crippen LogP contribution in [0.15, 0.2) is 0 Å². The van der Waals surface area contributed by atoms with Gasteiger partial charge in [0.25, 0.3) is 0 Å². The maximum atomic E-state index is 11.2. The Kier molecular flexibility index (Phi) is 8.28. The Hall–Kier alpha value is -0.570. The number of hydrogen-bond donors (Lipinski definition) is 0. The summed E-state index contributed by atoms with van der Waals surface area (Å²) in [5, 5.41) is 0. The molecule has 2 fully saturated rings. The zero-order valence-electron chi connectivity index (χ0n) is 14.4. The molecule has 0 radical (unpaired) electrons. The standard InChI is InChI=1S/C19H34O3/c1-2-3-4-5-6-7-8-9-10-11-12-13-14-15-16-17-18(22-17)19(20)21-16/h16-18H,2-15H2,1H3/t16?,17-,18-/m0/s1. The highest BCUT2D eigenvalue weighted by atomic mass is 16.7. The third kappa shape index (κ3) is 6.28. The lowest BCUT2D eigenvalue weighted by molar-refractivity contribution is -0.149. The number of carbonyl (C=O) groups excluding carboxylic acids is 1. The summed E-state index contributed by atoms with van der Waals surface area (Å²) in [7, 11) is 0. The van der Waals surface area contributed by atoms with Crippen molar-refractivity contribution in [2.24, 2.45) is 0 Å². The Bertz CT molecular complexity index is 316. The summed E-state index contributed by atoms with van der Waals surface area (Å²) in [6, 6.07) is 0. The number of epoxide rings is 1. The molecule has 2 rings (SSSR count). The van der Waals surface area contributed by atoms with Crippen molar-refractivity contribution in [1.82, 2.24) is 0 Å². The van der Waals surface area contributed by atoms with Gasteiger partial charge in [0, 0.05) is 0 Å². The van der Waals surface area contributed by atoms with Crippen molar-refractivity contribution in [3.63, 3.8) is 0 Å². The summed E-state index contributed by atoms with van der Waals surface area (Å²) in [6.07, 6.45) is 18.8. The van der Waals surface area contributed by atoms with Crippen LogP contribution in [-0.2, 0) is 14.3 Å². The van der Waals surface area contributed by atoms with Gasteiger partial charge in [-0.25, -0.2) is 4.79 Å². The molecule has 3 heteroatoms. The first-order chi connectivity index (χ1) is 10.8. The van der Waals surface area contributed by atoms with Gasteiger partial charge in [-0.05, 0) is 12.8 Å². The van der Waals surface area contributed by atoms with E-state index in [-0.39, 0.29) is 24.3 Å². The SMILES string of the molecule is CCCCCCCCCCCCCCCC1OC(=O)[C@H]2O[C@@H]12.